The molecule has 0 radical (unpaired) electrons. The first kappa shape index (κ1) is 21.0. The van der Waals surface area contributed by atoms with Gasteiger partial charge in [-0.05, 0) is 12.1 Å². The molecule has 11 nitrogen and oxygen atoms in total. The summed E-state index contributed by atoms with van der Waals surface area (Å²) in [5.74, 6) is 1.02. The third-order valence-electron chi connectivity index (χ3n) is 4.79. The molecule has 1 aliphatic heterocycles. The van der Waals surface area contributed by atoms with Crippen LogP contribution in [0.5, 0.6) is 23.0 Å². The Morgan fingerprint density at radius 1 is 1.25 bits per heavy atom. The normalized spacial score (nSPS) is 14.5. The van der Waals surface area contributed by atoms with Crippen molar-refractivity contribution in [2.75, 3.05) is 26.1 Å². The van der Waals surface area contributed by atoms with E-state index < -0.39 is 16.5 Å². The molecule has 0 fully saturated rings. The average molecular weight is 440 g/mol. The Morgan fingerprint density at radius 3 is 2.69 bits per heavy atom. The molecule has 11 heteroatoms. The summed E-state index contributed by atoms with van der Waals surface area (Å²) >= 11 is 0. The summed E-state index contributed by atoms with van der Waals surface area (Å²) < 4.78 is 23.4. The van der Waals surface area contributed by atoms with Gasteiger partial charge in [0, 0.05) is 12.3 Å². The third kappa shape index (κ3) is 4.26. The maximum atomic E-state index is 12.8. The van der Waals surface area contributed by atoms with Gasteiger partial charge in [0.1, 0.15) is 12.2 Å². The lowest BCUT2D eigenvalue weighted by atomic mass is 10.1. The minimum absolute atomic E-state index is 0.153. The van der Waals surface area contributed by atoms with Gasteiger partial charge in [0.2, 0.25) is 0 Å². The number of amides is 1. The highest BCUT2D eigenvalue weighted by Crippen LogP contribution is 2.35. The summed E-state index contributed by atoms with van der Waals surface area (Å²) in [4.78, 5) is 23.5. The van der Waals surface area contributed by atoms with Gasteiger partial charge in [0.15, 0.2) is 29.1 Å². The highest BCUT2D eigenvalue weighted by molar-refractivity contribution is 6.07. The number of aromatic nitrogens is 2. The lowest BCUT2D eigenvalue weighted by molar-refractivity contribution is -0.385. The monoisotopic (exact) mass is 440 g/mol. The Kier molecular flexibility index (Phi) is 5.79. The zero-order valence-corrected chi connectivity index (χ0v) is 17.3. The van der Waals surface area contributed by atoms with Gasteiger partial charge < -0.3 is 24.3 Å². The number of hydrogen-bond acceptors (Lipinski definition) is 8. The van der Waals surface area contributed by atoms with Gasteiger partial charge >= 0.3 is 0 Å². The number of nitro benzene ring substituents is 1. The predicted molar refractivity (Wildman–Crippen MR) is 113 cm³/mol. The SMILES string of the molecule is COc1cc(C(=O)Nc2cnn(CC3COc4ccccc4O3)c2)c([N+](=O)[O-])cc1OC. The van der Waals surface area contributed by atoms with Crippen LogP contribution in [0.1, 0.15) is 10.4 Å². The molecule has 3 aromatic rings. The van der Waals surface area contributed by atoms with Crippen molar-refractivity contribution in [1.82, 2.24) is 9.78 Å². The molecule has 1 unspecified atom stereocenters. The lowest BCUT2D eigenvalue weighted by Gasteiger charge is -2.26. The van der Waals surface area contributed by atoms with Crippen LogP contribution in [0.2, 0.25) is 0 Å². The average Bonchev–Trinajstić information content (AvgIpc) is 3.24. The van der Waals surface area contributed by atoms with Gasteiger partial charge in [-0.25, -0.2) is 0 Å². The van der Waals surface area contributed by atoms with Crippen molar-refractivity contribution < 1.29 is 28.7 Å². The van der Waals surface area contributed by atoms with Crippen molar-refractivity contribution in [2.24, 2.45) is 0 Å². The van der Waals surface area contributed by atoms with Gasteiger partial charge in [-0.3, -0.25) is 19.6 Å². The number of ether oxygens (including phenoxy) is 4. The van der Waals surface area contributed by atoms with Crippen molar-refractivity contribution in [3.63, 3.8) is 0 Å². The maximum Gasteiger partial charge on any atom is 0.286 e. The van der Waals surface area contributed by atoms with Crippen LogP contribution in [0.4, 0.5) is 11.4 Å². The Balaban J connectivity index is 1.47. The summed E-state index contributed by atoms with van der Waals surface area (Å²) in [7, 11) is 2.74. The molecule has 0 spiro atoms. The van der Waals surface area contributed by atoms with Crippen molar-refractivity contribution in [1.29, 1.82) is 0 Å². The molecule has 0 saturated heterocycles. The summed E-state index contributed by atoms with van der Waals surface area (Å²) in [6.07, 6.45) is 2.79. The molecule has 1 aliphatic rings. The van der Waals surface area contributed by atoms with Crippen LogP contribution in [0.25, 0.3) is 0 Å². The van der Waals surface area contributed by atoms with Crippen molar-refractivity contribution in [3.8, 4) is 23.0 Å². The van der Waals surface area contributed by atoms with E-state index in [1.807, 2.05) is 24.3 Å². The molecule has 166 valence electrons. The molecule has 1 amide bonds. The van der Waals surface area contributed by atoms with Crippen LogP contribution in [-0.2, 0) is 6.54 Å². The molecule has 2 heterocycles. The molecule has 32 heavy (non-hydrogen) atoms. The second-order valence-corrected chi connectivity index (χ2v) is 6.88. The van der Waals surface area contributed by atoms with Crippen LogP contribution < -0.4 is 24.3 Å². The summed E-state index contributed by atoms with van der Waals surface area (Å²) in [5, 5.41) is 18.3. The first-order valence-electron chi connectivity index (χ1n) is 9.61. The largest absolute Gasteiger partial charge is 0.493 e. The molecule has 4 rings (SSSR count). The second-order valence-electron chi connectivity index (χ2n) is 6.88. The van der Waals surface area contributed by atoms with Crippen LogP contribution in [0.15, 0.2) is 48.8 Å². The van der Waals surface area contributed by atoms with Crippen LogP contribution in [0.3, 0.4) is 0 Å². The van der Waals surface area contributed by atoms with Gasteiger partial charge in [-0.15, -0.1) is 0 Å². The Morgan fingerprint density at radius 2 is 1.97 bits per heavy atom. The predicted octanol–water partition coefficient (Wildman–Crippen LogP) is 2.90. The number of benzene rings is 2. The molecule has 1 aromatic heterocycles. The van der Waals surface area contributed by atoms with Gasteiger partial charge in [-0.1, -0.05) is 12.1 Å². The lowest BCUT2D eigenvalue weighted by Crippen LogP contribution is -2.33. The number of carbonyl (C=O) groups is 1. The van der Waals surface area contributed by atoms with E-state index in [0.29, 0.717) is 30.3 Å². The Bertz CT molecular complexity index is 1160. The number of rotatable bonds is 7. The zero-order chi connectivity index (χ0) is 22.7. The van der Waals surface area contributed by atoms with E-state index in [9.17, 15) is 14.9 Å². The number of nitro groups is 1. The number of para-hydroxylation sites is 2. The van der Waals surface area contributed by atoms with E-state index >= 15 is 0 Å². The number of carbonyl (C=O) groups excluding carboxylic acids is 1. The first-order valence-corrected chi connectivity index (χ1v) is 9.61. The third-order valence-corrected chi connectivity index (χ3v) is 4.79. The number of fused-ring (bicyclic) bond motifs is 1. The number of hydrogen-bond donors (Lipinski definition) is 1. The highest BCUT2D eigenvalue weighted by Gasteiger charge is 2.25. The van der Waals surface area contributed by atoms with E-state index in [1.165, 1.54) is 26.5 Å². The number of anilines is 1. The summed E-state index contributed by atoms with van der Waals surface area (Å²) in [6, 6.07) is 9.80. The molecule has 0 saturated carbocycles. The number of nitrogens with zero attached hydrogens (tertiary/aromatic N) is 3. The number of methoxy groups -OCH3 is 2. The first-order chi connectivity index (χ1) is 15.5. The fraction of sp³-hybridized carbons (Fsp3) is 0.238. The maximum absolute atomic E-state index is 12.8. The second kappa shape index (κ2) is 8.84. The Hall–Kier alpha value is -4.28. The quantitative estimate of drug-likeness (QED) is 0.439. The smallest absolute Gasteiger partial charge is 0.286 e. The molecule has 0 bridgehead atoms. The van der Waals surface area contributed by atoms with E-state index in [-0.39, 0.29) is 23.2 Å². The molecule has 2 aromatic carbocycles. The summed E-state index contributed by atoms with van der Waals surface area (Å²) in [6.45, 7) is 0.747. The van der Waals surface area contributed by atoms with Crippen molar-refractivity contribution in [3.05, 3.63) is 64.5 Å². The highest BCUT2D eigenvalue weighted by atomic mass is 16.6. The van der Waals surface area contributed by atoms with Crippen LogP contribution in [0, 0.1) is 10.1 Å². The summed E-state index contributed by atoms with van der Waals surface area (Å²) in [5.41, 5.74) is -0.198. The minimum Gasteiger partial charge on any atom is -0.493 e. The van der Waals surface area contributed by atoms with Crippen molar-refractivity contribution >= 4 is 17.3 Å². The van der Waals surface area contributed by atoms with Gasteiger partial charge in [0.05, 0.1) is 43.6 Å². The molecular weight excluding hydrogens is 420 g/mol. The standard InChI is InChI=1S/C21H20N4O7/c1-29-19-7-15(16(25(27)28)8-20(19)30-2)21(26)23-13-9-22-24(10-13)11-14-12-31-17-5-3-4-6-18(17)32-14/h3-10,14H,11-12H2,1-2H3,(H,23,26). The van der Waals surface area contributed by atoms with Gasteiger partial charge in [0.25, 0.3) is 11.6 Å². The fourth-order valence-electron chi connectivity index (χ4n) is 3.29. The number of nitrogens with one attached hydrogen (secondary N) is 1. The molecule has 0 aliphatic carbocycles. The molecule has 1 N–H and O–H groups in total. The molecular formula is C21H20N4O7. The van der Waals surface area contributed by atoms with Crippen LogP contribution in [-0.4, -0.2) is 47.5 Å². The van der Waals surface area contributed by atoms with E-state index in [4.69, 9.17) is 18.9 Å². The minimum atomic E-state index is -0.677. The topological polar surface area (TPSA) is 127 Å². The van der Waals surface area contributed by atoms with Crippen LogP contribution >= 0.6 is 0 Å². The van der Waals surface area contributed by atoms with E-state index in [0.717, 1.165) is 6.07 Å². The van der Waals surface area contributed by atoms with E-state index in [2.05, 4.69) is 10.4 Å². The fourth-order valence-corrected chi connectivity index (χ4v) is 3.29. The van der Waals surface area contributed by atoms with Crippen molar-refractivity contribution in [2.45, 2.75) is 12.6 Å². The van der Waals surface area contributed by atoms with E-state index in [1.54, 1.807) is 10.9 Å². The van der Waals surface area contributed by atoms with Gasteiger partial charge in [-0.2, -0.15) is 5.10 Å². The Labute approximate surface area is 182 Å². The molecule has 1 atom stereocenters. The zero-order valence-electron chi connectivity index (χ0n) is 17.3.